The summed E-state index contributed by atoms with van der Waals surface area (Å²) < 4.78 is 3.34. The topological polar surface area (TPSA) is 0 Å². The van der Waals surface area contributed by atoms with Gasteiger partial charge in [-0.25, -0.2) is 0 Å². The van der Waals surface area contributed by atoms with Crippen molar-refractivity contribution in [1.82, 2.24) is 0 Å². The van der Waals surface area contributed by atoms with Crippen LogP contribution in [0, 0.1) is 0 Å². The number of hydrogen-bond acceptors (Lipinski definition) is 0. The van der Waals surface area contributed by atoms with Crippen molar-refractivity contribution in [1.29, 1.82) is 0 Å². The van der Waals surface area contributed by atoms with Crippen LogP contribution in [0.15, 0.2) is 71.6 Å². The summed E-state index contributed by atoms with van der Waals surface area (Å²) in [5.74, 6) is 0. The predicted molar refractivity (Wildman–Crippen MR) is 86.8 cm³/mol. The van der Waals surface area contributed by atoms with Crippen molar-refractivity contribution in [3.63, 3.8) is 0 Å². The maximum absolute atomic E-state index is 2.63. The molecule has 2 heteroatoms. The van der Waals surface area contributed by atoms with Crippen molar-refractivity contribution in [2.75, 3.05) is 0 Å². The minimum absolute atomic E-state index is 0.891. The average molecular weight is 372 g/mol. The van der Waals surface area contributed by atoms with Crippen LogP contribution in [0.4, 0.5) is 0 Å². The molecule has 96 valence electrons. The molecule has 19 heavy (non-hydrogen) atoms. The van der Waals surface area contributed by atoms with Gasteiger partial charge in [-0.15, -0.1) is 0 Å². The van der Waals surface area contributed by atoms with Gasteiger partial charge in [0.25, 0.3) is 0 Å². The van der Waals surface area contributed by atoms with Gasteiger partial charge >= 0.3 is 124 Å². The van der Waals surface area contributed by atoms with Crippen LogP contribution in [0.3, 0.4) is 0 Å². The van der Waals surface area contributed by atoms with Gasteiger partial charge in [0.1, 0.15) is 0 Å². The van der Waals surface area contributed by atoms with E-state index in [0.29, 0.717) is 0 Å². The first-order valence-electron chi connectivity index (χ1n) is 6.78. The molecule has 3 rings (SSSR count). The fourth-order valence-electron chi connectivity index (χ4n) is 2.38. The molecule has 1 aliphatic rings. The van der Waals surface area contributed by atoms with Crippen LogP contribution >= 0.6 is 0 Å². The average Bonchev–Trinajstić information content (AvgIpc) is 2.75. The van der Waals surface area contributed by atoms with Gasteiger partial charge in [-0.2, -0.15) is 0 Å². The van der Waals surface area contributed by atoms with Crippen molar-refractivity contribution in [2.24, 2.45) is 0 Å². The molecule has 0 N–H and O–H groups in total. The Labute approximate surface area is 123 Å². The molecule has 2 aromatic carbocycles. The van der Waals surface area contributed by atoms with Crippen molar-refractivity contribution in [2.45, 2.75) is 18.1 Å². The van der Waals surface area contributed by atoms with Gasteiger partial charge in [-0.05, 0) is 0 Å². The normalized spacial score (nSPS) is 22.9. The Morgan fingerprint density at radius 3 is 2.05 bits per heavy atom. The first kappa shape index (κ1) is 13.3. The van der Waals surface area contributed by atoms with Crippen molar-refractivity contribution in [3.05, 3.63) is 71.6 Å². The summed E-state index contributed by atoms with van der Waals surface area (Å²) in [5, 5.41) is 1.49. The number of rotatable bonds is 2. The molecule has 0 bridgehead atoms. The quantitative estimate of drug-likeness (QED) is 0.712. The van der Waals surface area contributed by atoms with Crippen LogP contribution in [0.2, 0.25) is 5.21 Å². The van der Waals surface area contributed by atoms with Crippen LogP contribution in [0.1, 0.15) is 12.8 Å². The zero-order valence-corrected chi connectivity index (χ0v) is 14.7. The molecule has 2 atom stereocenters. The molecule has 2 unspecified atom stereocenters. The van der Waals surface area contributed by atoms with Crippen LogP contribution in [0.25, 0.3) is 0 Å². The molecule has 0 saturated carbocycles. The molecular formula is C17H18As2. The fraction of sp³-hybridized carbons (Fsp3) is 0.176. The SMILES string of the molecule is C1=C[As](c2ccccc2)[As](c2ccccc2)CCC1. The molecule has 0 nitrogen and oxygen atoms in total. The number of hydrogen-bond donors (Lipinski definition) is 0. The summed E-state index contributed by atoms with van der Waals surface area (Å²) in [6.07, 6.45) is 5.14. The zero-order valence-electron chi connectivity index (χ0n) is 10.9. The summed E-state index contributed by atoms with van der Waals surface area (Å²) in [5.41, 5.74) is 0. The standard InChI is InChI=1S/C17H18As2/c1-4-10-16(11-5-1)18-14-8-3-9-15-19(18)17-12-6-2-7-13-17/h1-2,4-8,10-14H,3,9,15H2. The minimum atomic E-state index is -0.984. The molecule has 0 saturated heterocycles. The molecule has 0 fully saturated rings. The van der Waals surface area contributed by atoms with Gasteiger partial charge in [0.05, 0.1) is 0 Å². The second kappa shape index (κ2) is 6.64. The fourth-order valence-corrected chi connectivity index (χ4v) is 24.3. The van der Waals surface area contributed by atoms with E-state index in [0.717, 1.165) is 0 Å². The van der Waals surface area contributed by atoms with E-state index >= 15 is 0 Å². The third-order valence-electron chi connectivity index (χ3n) is 3.32. The molecule has 1 aliphatic heterocycles. The van der Waals surface area contributed by atoms with Crippen molar-refractivity contribution < 1.29 is 0 Å². The van der Waals surface area contributed by atoms with Crippen LogP contribution in [-0.4, -0.2) is 25.2 Å². The van der Waals surface area contributed by atoms with Crippen molar-refractivity contribution in [3.8, 4) is 0 Å². The molecule has 0 radical (unpaired) electrons. The van der Waals surface area contributed by atoms with E-state index in [9.17, 15) is 0 Å². The van der Waals surface area contributed by atoms with E-state index < -0.39 is 25.2 Å². The van der Waals surface area contributed by atoms with Gasteiger partial charge in [-0.3, -0.25) is 0 Å². The molecule has 0 aliphatic carbocycles. The van der Waals surface area contributed by atoms with Crippen LogP contribution < -0.4 is 8.70 Å². The van der Waals surface area contributed by atoms with Crippen molar-refractivity contribution >= 4 is 33.9 Å². The second-order valence-electron chi connectivity index (χ2n) is 4.67. The summed E-state index contributed by atoms with van der Waals surface area (Å²) in [7, 11) is 0. The van der Waals surface area contributed by atoms with E-state index in [1.165, 1.54) is 18.1 Å². The van der Waals surface area contributed by atoms with Gasteiger partial charge in [0.15, 0.2) is 0 Å². The second-order valence-corrected chi connectivity index (χ2v) is 21.5. The van der Waals surface area contributed by atoms with E-state index in [-0.39, 0.29) is 0 Å². The monoisotopic (exact) mass is 372 g/mol. The predicted octanol–water partition coefficient (Wildman–Crippen LogP) is 2.76. The van der Waals surface area contributed by atoms with E-state index in [1.807, 2.05) is 0 Å². The summed E-state index contributed by atoms with van der Waals surface area (Å²) in [4.78, 5) is 2.63. The van der Waals surface area contributed by atoms with Gasteiger partial charge < -0.3 is 0 Å². The zero-order chi connectivity index (χ0) is 12.9. The van der Waals surface area contributed by atoms with Gasteiger partial charge in [0.2, 0.25) is 0 Å². The Morgan fingerprint density at radius 2 is 1.37 bits per heavy atom. The molecule has 0 spiro atoms. The van der Waals surface area contributed by atoms with Gasteiger partial charge in [0, 0.05) is 0 Å². The maximum atomic E-state index is 2.63. The summed E-state index contributed by atoms with van der Waals surface area (Å²) in [6.45, 7) is 0. The van der Waals surface area contributed by atoms with Gasteiger partial charge in [-0.1, -0.05) is 0 Å². The summed E-state index contributed by atoms with van der Waals surface area (Å²) in [6, 6.07) is 22.6. The van der Waals surface area contributed by atoms with E-state index in [1.54, 1.807) is 8.70 Å². The molecule has 0 aromatic heterocycles. The Bertz CT molecular complexity index is 534. The molecule has 2 aromatic rings. The van der Waals surface area contributed by atoms with Crippen LogP contribution in [0.5, 0.6) is 0 Å². The summed E-state index contributed by atoms with van der Waals surface area (Å²) >= 11 is -1.88. The molecule has 1 heterocycles. The van der Waals surface area contributed by atoms with E-state index in [4.69, 9.17) is 0 Å². The molecule has 0 amide bonds. The first-order chi connectivity index (χ1) is 9.45. The third kappa shape index (κ3) is 3.25. The molecular weight excluding hydrogens is 354 g/mol. The van der Waals surface area contributed by atoms with E-state index in [2.05, 4.69) is 71.6 Å². The Balaban J connectivity index is 1.98. The number of benzene rings is 2. The Kier molecular flexibility index (Phi) is 4.65. The Morgan fingerprint density at radius 1 is 0.737 bits per heavy atom. The van der Waals surface area contributed by atoms with Crippen LogP contribution in [-0.2, 0) is 0 Å². The Hall–Kier alpha value is -0.703. The number of allylic oxidation sites excluding steroid dienone is 1. The third-order valence-corrected chi connectivity index (χ3v) is 25.0. The first-order valence-corrected chi connectivity index (χ1v) is 16.3.